The first-order valence-corrected chi connectivity index (χ1v) is 7.20. The van der Waals surface area contributed by atoms with Gasteiger partial charge in [-0.1, -0.05) is 32.6 Å². The second kappa shape index (κ2) is 6.27. The van der Waals surface area contributed by atoms with Crippen LogP contribution in [0.3, 0.4) is 0 Å². The lowest BCUT2D eigenvalue weighted by molar-refractivity contribution is 0.279. The predicted molar refractivity (Wildman–Crippen MR) is 69.9 cm³/mol. The summed E-state index contributed by atoms with van der Waals surface area (Å²) in [6.07, 6.45) is 12.1. The Morgan fingerprint density at radius 3 is 2.88 bits per heavy atom. The first-order valence-electron chi connectivity index (χ1n) is 7.20. The molecule has 0 bridgehead atoms. The van der Waals surface area contributed by atoms with E-state index in [9.17, 15) is 0 Å². The van der Waals surface area contributed by atoms with E-state index in [-0.39, 0.29) is 0 Å². The molecule has 1 heterocycles. The van der Waals surface area contributed by atoms with Crippen LogP contribution in [-0.4, -0.2) is 18.4 Å². The lowest BCUT2D eigenvalue weighted by atomic mass is 9.83. The molecule has 0 amide bonds. The third-order valence-corrected chi connectivity index (χ3v) is 4.16. The minimum absolute atomic E-state index is 0.718. The van der Waals surface area contributed by atoms with E-state index >= 15 is 0 Å². The Kier molecular flexibility index (Phi) is 4.68. The van der Waals surface area contributed by atoms with Gasteiger partial charge in [0.1, 0.15) is 0 Å². The molecule has 1 saturated carbocycles. The van der Waals surface area contributed by atoms with Crippen LogP contribution in [0, 0.1) is 5.92 Å². The normalized spacial score (nSPS) is 31.7. The van der Waals surface area contributed by atoms with Gasteiger partial charge in [-0.2, -0.15) is 0 Å². The van der Waals surface area contributed by atoms with Crippen molar-refractivity contribution in [1.82, 2.24) is 5.32 Å². The molecule has 16 heavy (non-hydrogen) atoms. The molecule has 0 radical (unpaired) electrons. The van der Waals surface area contributed by atoms with Gasteiger partial charge in [0.05, 0.1) is 5.84 Å². The molecule has 1 N–H and O–H groups in total. The molecule has 1 aliphatic heterocycles. The molecule has 0 aromatic rings. The maximum absolute atomic E-state index is 4.69. The van der Waals surface area contributed by atoms with Gasteiger partial charge in [-0.3, -0.25) is 4.99 Å². The predicted octanol–water partition coefficient (Wildman–Crippen LogP) is 3.52. The maximum atomic E-state index is 4.69. The summed E-state index contributed by atoms with van der Waals surface area (Å²) in [5.74, 6) is 2.20. The fourth-order valence-corrected chi connectivity index (χ4v) is 3.09. The summed E-state index contributed by atoms with van der Waals surface area (Å²) >= 11 is 0. The molecule has 2 unspecified atom stereocenters. The molecule has 0 aromatic heterocycles. The fourth-order valence-electron chi connectivity index (χ4n) is 3.09. The third-order valence-electron chi connectivity index (χ3n) is 4.16. The Labute approximate surface area is 99.9 Å². The zero-order valence-electron chi connectivity index (χ0n) is 10.7. The molecule has 1 aliphatic carbocycles. The number of hydrogen-bond acceptors (Lipinski definition) is 2. The van der Waals surface area contributed by atoms with Crippen LogP contribution >= 0.6 is 0 Å². The maximum Gasteiger partial charge on any atom is 0.0965 e. The van der Waals surface area contributed by atoms with Gasteiger partial charge in [-0.15, -0.1) is 0 Å². The number of aliphatic imine (C=N–C) groups is 1. The van der Waals surface area contributed by atoms with Crippen LogP contribution in [-0.2, 0) is 0 Å². The van der Waals surface area contributed by atoms with Gasteiger partial charge < -0.3 is 5.32 Å². The van der Waals surface area contributed by atoms with Gasteiger partial charge in [0, 0.05) is 19.0 Å². The Hall–Kier alpha value is -0.530. The summed E-state index contributed by atoms with van der Waals surface area (Å²) in [6.45, 7) is 3.38. The molecule has 2 heteroatoms. The number of rotatable bonds is 2. The molecule has 2 nitrogen and oxygen atoms in total. The van der Waals surface area contributed by atoms with E-state index in [2.05, 4.69) is 12.2 Å². The molecule has 0 aromatic carbocycles. The van der Waals surface area contributed by atoms with Crippen LogP contribution in [0.15, 0.2) is 4.99 Å². The molecule has 0 saturated heterocycles. The summed E-state index contributed by atoms with van der Waals surface area (Å²) in [5.41, 5.74) is 0. The molecule has 92 valence electrons. The molecule has 0 spiro atoms. The number of nitrogens with zero attached hydrogens (tertiary/aromatic N) is 1. The first kappa shape index (κ1) is 11.9. The fraction of sp³-hybridized carbons (Fsp3) is 0.929. The highest BCUT2D eigenvalue weighted by Gasteiger charge is 2.24. The second-order valence-corrected chi connectivity index (χ2v) is 5.34. The Morgan fingerprint density at radius 1 is 1.12 bits per heavy atom. The standard InChI is InChI=1S/C14H26N2/c1-2-12-8-5-6-9-13(12)16-14-10-4-3-7-11-15-14/h12-13H,2-11H2,1H3,(H,15,16). The summed E-state index contributed by atoms with van der Waals surface area (Å²) in [4.78, 5) is 4.69. The Bertz CT molecular complexity index is 235. The quantitative estimate of drug-likeness (QED) is 0.759. The van der Waals surface area contributed by atoms with Crippen LogP contribution < -0.4 is 5.32 Å². The van der Waals surface area contributed by atoms with Crippen molar-refractivity contribution in [1.29, 1.82) is 0 Å². The summed E-state index contributed by atoms with van der Waals surface area (Å²) in [5, 5.41) is 3.75. The van der Waals surface area contributed by atoms with Crippen LogP contribution in [0.25, 0.3) is 0 Å². The smallest absolute Gasteiger partial charge is 0.0965 e. The van der Waals surface area contributed by atoms with Crippen molar-refractivity contribution < 1.29 is 0 Å². The summed E-state index contributed by atoms with van der Waals surface area (Å²) < 4.78 is 0. The largest absolute Gasteiger partial charge is 0.371 e. The lowest BCUT2D eigenvalue weighted by Gasteiger charge is -2.32. The van der Waals surface area contributed by atoms with Gasteiger partial charge in [0.15, 0.2) is 0 Å². The second-order valence-electron chi connectivity index (χ2n) is 5.34. The highest BCUT2D eigenvalue weighted by atomic mass is 15.0. The number of nitrogens with one attached hydrogen (secondary N) is 1. The van der Waals surface area contributed by atoms with Crippen molar-refractivity contribution >= 4 is 5.84 Å². The van der Waals surface area contributed by atoms with Crippen molar-refractivity contribution in [3.8, 4) is 0 Å². The van der Waals surface area contributed by atoms with Crippen molar-refractivity contribution in [3.05, 3.63) is 0 Å². The van der Waals surface area contributed by atoms with E-state index in [1.807, 2.05) is 0 Å². The van der Waals surface area contributed by atoms with Crippen LogP contribution in [0.2, 0.25) is 0 Å². The van der Waals surface area contributed by atoms with E-state index in [0.717, 1.165) is 18.5 Å². The van der Waals surface area contributed by atoms with Gasteiger partial charge in [0.25, 0.3) is 0 Å². The van der Waals surface area contributed by atoms with Crippen LogP contribution in [0.4, 0.5) is 0 Å². The Morgan fingerprint density at radius 2 is 2.00 bits per heavy atom. The lowest BCUT2D eigenvalue weighted by Crippen LogP contribution is -2.41. The molecule has 2 aliphatic rings. The van der Waals surface area contributed by atoms with Gasteiger partial charge in [0.2, 0.25) is 0 Å². The van der Waals surface area contributed by atoms with Crippen molar-refractivity contribution in [2.45, 2.75) is 70.8 Å². The zero-order chi connectivity index (χ0) is 11.2. The summed E-state index contributed by atoms with van der Waals surface area (Å²) in [6, 6.07) is 0.718. The highest BCUT2D eigenvalue weighted by molar-refractivity contribution is 5.82. The SMILES string of the molecule is CCC1CCCCC1NC1=NCCCCC1. The van der Waals surface area contributed by atoms with E-state index in [1.165, 1.54) is 63.6 Å². The number of amidine groups is 1. The van der Waals surface area contributed by atoms with E-state index in [4.69, 9.17) is 4.99 Å². The average molecular weight is 222 g/mol. The van der Waals surface area contributed by atoms with E-state index in [1.54, 1.807) is 0 Å². The Balaban J connectivity index is 1.88. The van der Waals surface area contributed by atoms with Crippen molar-refractivity contribution in [2.24, 2.45) is 10.9 Å². The van der Waals surface area contributed by atoms with Gasteiger partial charge in [-0.25, -0.2) is 0 Å². The topological polar surface area (TPSA) is 24.4 Å². The zero-order valence-corrected chi connectivity index (χ0v) is 10.7. The third kappa shape index (κ3) is 3.23. The van der Waals surface area contributed by atoms with E-state index in [0.29, 0.717) is 0 Å². The van der Waals surface area contributed by atoms with Crippen molar-refractivity contribution in [2.75, 3.05) is 6.54 Å². The monoisotopic (exact) mass is 222 g/mol. The number of hydrogen-bond donors (Lipinski definition) is 1. The average Bonchev–Trinajstić information content (AvgIpc) is 2.58. The highest BCUT2D eigenvalue weighted by Crippen LogP contribution is 2.27. The first-order chi connectivity index (χ1) is 7.90. The van der Waals surface area contributed by atoms with Gasteiger partial charge in [-0.05, 0) is 31.6 Å². The minimum Gasteiger partial charge on any atom is -0.371 e. The van der Waals surface area contributed by atoms with Gasteiger partial charge >= 0.3 is 0 Å². The van der Waals surface area contributed by atoms with Crippen LogP contribution in [0.1, 0.15) is 64.7 Å². The van der Waals surface area contributed by atoms with Crippen LogP contribution in [0.5, 0.6) is 0 Å². The molecular weight excluding hydrogens is 196 g/mol. The molecular formula is C14H26N2. The molecule has 2 atom stereocenters. The summed E-state index contributed by atoms with van der Waals surface area (Å²) in [7, 11) is 0. The molecule has 1 fully saturated rings. The van der Waals surface area contributed by atoms with E-state index < -0.39 is 0 Å². The van der Waals surface area contributed by atoms with Crippen molar-refractivity contribution in [3.63, 3.8) is 0 Å². The molecule has 2 rings (SSSR count). The minimum atomic E-state index is 0.718.